The molecular formula is H2NNiO3S-. The maximum absolute atomic E-state index is 9.02. The summed E-state index contributed by atoms with van der Waals surface area (Å²) in [6, 6.07) is 0. The van der Waals surface area contributed by atoms with Gasteiger partial charge in [0.25, 0.3) is 0 Å². The molecule has 42 valence electrons. The largest absolute Gasteiger partial charge is 0.395 e. The fourth-order valence-electron chi connectivity index (χ4n) is 0. The van der Waals surface area contributed by atoms with Crippen molar-refractivity contribution >= 4 is 11.0 Å². The number of hydrogen-bond donors (Lipinski definition) is 1. The van der Waals surface area contributed by atoms with Crippen molar-refractivity contribution in [1.29, 1.82) is 0 Å². The molecule has 0 saturated carbocycles. The topological polar surface area (TPSA) is 69.4 Å². The van der Waals surface area contributed by atoms with Gasteiger partial charge < -0.3 is 12.7 Å². The van der Waals surface area contributed by atoms with Crippen LogP contribution in [0.5, 0.6) is 0 Å². The first kappa shape index (κ1) is 9.61. The number of nitrogens with two attached hydrogens (primary N) is 1. The third kappa shape index (κ3) is 8.84. The standard InChI is InChI=1S/H2NO3S.Ni/c1-4-5(2)3;/h1H2;/q-1;. The quantitative estimate of drug-likeness (QED) is 0.302. The van der Waals surface area contributed by atoms with Crippen molar-refractivity contribution in [2.45, 2.75) is 0 Å². The summed E-state index contributed by atoms with van der Waals surface area (Å²) in [6.07, 6.45) is 0. The SMILES string of the molecule is NO[S-](=O)=O.[Ni]. The van der Waals surface area contributed by atoms with Gasteiger partial charge in [0.15, 0.2) is 0 Å². The van der Waals surface area contributed by atoms with Crippen LogP contribution in [0.3, 0.4) is 0 Å². The van der Waals surface area contributed by atoms with Crippen molar-refractivity contribution in [3.05, 3.63) is 0 Å². The van der Waals surface area contributed by atoms with Gasteiger partial charge in [0.2, 0.25) is 0 Å². The molecule has 0 bridgehead atoms. The molecule has 0 aromatic heterocycles. The van der Waals surface area contributed by atoms with Crippen LogP contribution in [0, 0.1) is 0 Å². The molecule has 0 atom stereocenters. The Morgan fingerprint density at radius 3 is 1.67 bits per heavy atom. The maximum atomic E-state index is 9.02. The van der Waals surface area contributed by atoms with E-state index in [1.807, 2.05) is 0 Å². The fourth-order valence-corrected chi connectivity index (χ4v) is 0. The smallest absolute Gasteiger partial charge is 0.0684 e. The van der Waals surface area contributed by atoms with Gasteiger partial charge in [-0.1, -0.05) is 0 Å². The predicted octanol–water partition coefficient (Wildman–Crippen LogP) is -0.901. The van der Waals surface area contributed by atoms with Gasteiger partial charge in [0, 0.05) is 16.5 Å². The summed E-state index contributed by atoms with van der Waals surface area (Å²) in [7, 11) is -2.54. The zero-order valence-corrected chi connectivity index (χ0v) is 4.33. The number of hydrogen-bond acceptors (Lipinski definition) is 5. The van der Waals surface area contributed by atoms with Crippen LogP contribution in [0.25, 0.3) is 0 Å². The first-order valence-electron chi connectivity index (χ1n) is 0.736. The van der Waals surface area contributed by atoms with E-state index in [1.54, 1.807) is 0 Å². The van der Waals surface area contributed by atoms with Crippen LogP contribution >= 0.6 is 0 Å². The molecule has 2 N–H and O–H groups in total. The fraction of sp³-hybridized carbons (Fsp3) is 0. The molecule has 0 aliphatic heterocycles. The van der Waals surface area contributed by atoms with Crippen molar-refractivity contribution in [3.63, 3.8) is 0 Å². The molecule has 0 aromatic carbocycles. The summed E-state index contributed by atoms with van der Waals surface area (Å²) in [5.41, 5.74) is 0. The molecule has 0 radical (unpaired) electrons. The Hall–Kier alpha value is 0.364. The van der Waals surface area contributed by atoms with Gasteiger partial charge >= 0.3 is 0 Å². The van der Waals surface area contributed by atoms with Gasteiger partial charge in [-0.3, -0.25) is 0 Å². The Labute approximate surface area is 46.7 Å². The summed E-state index contributed by atoms with van der Waals surface area (Å²) in [5.74, 6) is 4.06. The second-order valence-corrected chi connectivity index (χ2v) is 0.901. The summed E-state index contributed by atoms with van der Waals surface area (Å²) in [6.45, 7) is 0. The van der Waals surface area contributed by atoms with Gasteiger partial charge in [-0.15, -0.1) is 0 Å². The van der Waals surface area contributed by atoms with Crippen LogP contribution in [0.2, 0.25) is 0 Å². The molecule has 0 aliphatic carbocycles. The van der Waals surface area contributed by atoms with Crippen LogP contribution < -0.4 is 5.90 Å². The van der Waals surface area contributed by atoms with Gasteiger partial charge in [-0.05, 0) is 0 Å². The Balaban J connectivity index is 0. The van der Waals surface area contributed by atoms with Crippen molar-refractivity contribution in [2.75, 3.05) is 0 Å². The van der Waals surface area contributed by atoms with Crippen LogP contribution in [-0.4, -0.2) is 0 Å². The van der Waals surface area contributed by atoms with Gasteiger partial charge in [0.1, 0.15) is 0 Å². The summed E-state index contributed by atoms with van der Waals surface area (Å²) in [5, 5.41) is 0. The van der Waals surface area contributed by atoms with E-state index in [4.69, 9.17) is 8.42 Å². The first-order chi connectivity index (χ1) is 2.27. The average Bonchev–Trinajstić information content (AvgIpc) is 1.38. The normalized spacial score (nSPS) is 7.67. The summed E-state index contributed by atoms with van der Waals surface area (Å²) in [4.78, 5) is 0. The average molecular weight is 155 g/mol. The molecule has 0 rings (SSSR count). The summed E-state index contributed by atoms with van der Waals surface area (Å²) < 4.78 is 21.2. The van der Waals surface area contributed by atoms with E-state index < -0.39 is 11.0 Å². The maximum Gasteiger partial charge on any atom is 0.0684 e. The zero-order chi connectivity index (χ0) is 4.28. The molecule has 6 heteroatoms. The van der Waals surface area contributed by atoms with Crippen LogP contribution in [0.4, 0.5) is 0 Å². The van der Waals surface area contributed by atoms with E-state index >= 15 is 0 Å². The second-order valence-electron chi connectivity index (χ2n) is 0.300. The van der Waals surface area contributed by atoms with Gasteiger partial charge in [0.05, 0.1) is 11.0 Å². The monoisotopic (exact) mass is 154 g/mol. The first-order valence-corrected chi connectivity index (χ1v) is 1.74. The number of rotatable bonds is 1. The van der Waals surface area contributed by atoms with Crippen molar-refractivity contribution < 1.29 is 29.2 Å². The molecule has 0 unspecified atom stereocenters. The Kier molecular flexibility index (Phi) is 8.59. The van der Waals surface area contributed by atoms with Crippen LogP contribution in [0.1, 0.15) is 0 Å². The van der Waals surface area contributed by atoms with Gasteiger partial charge in [-0.2, -0.15) is 0 Å². The molecule has 6 heavy (non-hydrogen) atoms. The predicted molar refractivity (Wildman–Crippen MR) is 14.0 cm³/mol. The molecule has 4 nitrogen and oxygen atoms in total. The Morgan fingerprint density at radius 1 is 1.50 bits per heavy atom. The van der Waals surface area contributed by atoms with E-state index in [2.05, 4.69) is 10.2 Å². The van der Waals surface area contributed by atoms with Crippen LogP contribution in [0.15, 0.2) is 0 Å². The van der Waals surface area contributed by atoms with E-state index in [1.165, 1.54) is 0 Å². The molecule has 0 aromatic rings. The third-order valence-corrected chi connectivity index (χ3v) is 0.236. The Morgan fingerprint density at radius 2 is 1.67 bits per heavy atom. The molecule has 0 heterocycles. The molecule has 0 saturated heterocycles. The van der Waals surface area contributed by atoms with Crippen LogP contribution in [-0.2, 0) is 40.2 Å². The van der Waals surface area contributed by atoms with Crippen molar-refractivity contribution in [3.8, 4) is 0 Å². The van der Waals surface area contributed by atoms with Crippen molar-refractivity contribution in [1.82, 2.24) is 0 Å². The molecule has 0 spiro atoms. The molecule has 0 aliphatic rings. The Bertz CT molecular complexity index is 68.9. The molecule has 0 fully saturated rings. The minimum atomic E-state index is -2.54. The van der Waals surface area contributed by atoms with E-state index in [0.717, 1.165) is 0 Å². The zero-order valence-electron chi connectivity index (χ0n) is 2.53. The van der Waals surface area contributed by atoms with Gasteiger partial charge in [-0.25, -0.2) is 5.90 Å². The van der Waals surface area contributed by atoms with E-state index in [9.17, 15) is 0 Å². The second kappa shape index (κ2) is 5.36. The van der Waals surface area contributed by atoms with E-state index in [-0.39, 0.29) is 16.5 Å². The third-order valence-electron chi connectivity index (χ3n) is 0.0786. The van der Waals surface area contributed by atoms with Crippen molar-refractivity contribution in [2.24, 2.45) is 5.90 Å². The minimum Gasteiger partial charge on any atom is -0.395 e. The molecular weight excluding hydrogens is 153 g/mol. The van der Waals surface area contributed by atoms with E-state index in [0.29, 0.717) is 0 Å². The summed E-state index contributed by atoms with van der Waals surface area (Å²) >= 11 is 0. The molecule has 0 amide bonds. The minimum absolute atomic E-state index is 0.